The SMILES string of the molecule is Cc1ccc(CNc2cnn(CCO)c(=O)c2Cl)o1. The highest BCUT2D eigenvalue weighted by Crippen LogP contribution is 2.17. The van der Waals surface area contributed by atoms with E-state index in [4.69, 9.17) is 21.1 Å². The lowest BCUT2D eigenvalue weighted by Gasteiger charge is -2.08. The van der Waals surface area contributed by atoms with Gasteiger partial charge < -0.3 is 14.8 Å². The van der Waals surface area contributed by atoms with Crippen molar-refractivity contribution in [2.45, 2.75) is 20.0 Å². The number of hydrogen-bond acceptors (Lipinski definition) is 5. The number of nitrogens with one attached hydrogen (secondary N) is 1. The molecule has 2 heterocycles. The number of anilines is 1. The minimum absolute atomic E-state index is 0.0479. The summed E-state index contributed by atoms with van der Waals surface area (Å²) in [6.07, 6.45) is 1.45. The number of aliphatic hydroxyl groups is 1. The van der Waals surface area contributed by atoms with Crippen LogP contribution in [0.3, 0.4) is 0 Å². The molecule has 0 fully saturated rings. The third kappa shape index (κ3) is 3.15. The van der Waals surface area contributed by atoms with Crippen molar-refractivity contribution in [1.82, 2.24) is 9.78 Å². The van der Waals surface area contributed by atoms with E-state index in [-0.39, 0.29) is 18.2 Å². The van der Waals surface area contributed by atoms with E-state index in [1.54, 1.807) is 0 Å². The Kier molecular flexibility index (Phi) is 4.24. The van der Waals surface area contributed by atoms with Crippen LogP contribution in [0.2, 0.25) is 5.02 Å². The predicted octanol–water partition coefficient (Wildman–Crippen LogP) is 1.40. The van der Waals surface area contributed by atoms with Crippen molar-refractivity contribution < 1.29 is 9.52 Å². The second kappa shape index (κ2) is 5.90. The molecule has 2 aromatic heterocycles. The smallest absolute Gasteiger partial charge is 0.287 e. The van der Waals surface area contributed by atoms with E-state index in [1.807, 2.05) is 19.1 Å². The number of aliphatic hydroxyl groups excluding tert-OH is 1. The fraction of sp³-hybridized carbons (Fsp3) is 0.333. The molecule has 0 radical (unpaired) electrons. The van der Waals surface area contributed by atoms with Gasteiger partial charge in [-0.1, -0.05) is 11.6 Å². The molecule has 2 aromatic rings. The van der Waals surface area contributed by atoms with E-state index in [0.29, 0.717) is 12.2 Å². The number of furan rings is 1. The summed E-state index contributed by atoms with van der Waals surface area (Å²) in [5, 5.41) is 15.7. The first-order valence-corrected chi connectivity index (χ1v) is 6.15. The van der Waals surface area contributed by atoms with Crippen molar-refractivity contribution in [3.05, 3.63) is 45.2 Å². The summed E-state index contributed by atoms with van der Waals surface area (Å²) in [6, 6.07) is 3.70. The maximum atomic E-state index is 11.8. The zero-order chi connectivity index (χ0) is 13.8. The third-order valence-corrected chi connectivity index (χ3v) is 2.91. The Hall–Kier alpha value is -1.79. The van der Waals surface area contributed by atoms with E-state index < -0.39 is 5.56 Å². The number of aryl methyl sites for hydroxylation is 1. The number of rotatable bonds is 5. The molecule has 0 aliphatic rings. The Balaban J connectivity index is 2.13. The molecule has 2 rings (SSSR count). The van der Waals surface area contributed by atoms with Gasteiger partial charge in [-0.3, -0.25) is 4.79 Å². The molecule has 0 aliphatic carbocycles. The van der Waals surface area contributed by atoms with Crippen LogP contribution >= 0.6 is 11.6 Å². The van der Waals surface area contributed by atoms with Crippen LogP contribution in [0.5, 0.6) is 0 Å². The second-order valence-electron chi connectivity index (χ2n) is 3.99. The quantitative estimate of drug-likeness (QED) is 0.867. The first-order valence-electron chi connectivity index (χ1n) is 5.77. The van der Waals surface area contributed by atoms with Crippen molar-refractivity contribution in [3.63, 3.8) is 0 Å². The Morgan fingerprint density at radius 3 is 2.95 bits per heavy atom. The third-order valence-electron chi connectivity index (χ3n) is 2.55. The monoisotopic (exact) mass is 283 g/mol. The minimum Gasteiger partial charge on any atom is -0.465 e. The standard InChI is InChI=1S/C12H14ClN3O3/c1-8-2-3-9(19-8)6-14-10-7-15-16(4-5-17)12(18)11(10)13/h2-3,7,14,17H,4-6H2,1H3. The molecule has 0 amide bonds. The number of halogens is 1. The highest BCUT2D eigenvalue weighted by Gasteiger charge is 2.09. The minimum atomic E-state index is -0.434. The Bertz CT molecular complexity index is 621. The van der Waals surface area contributed by atoms with Gasteiger partial charge in [-0.25, -0.2) is 4.68 Å². The molecule has 19 heavy (non-hydrogen) atoms. The number of hydrogen-bond donors (Lipinski definition) is 2. The molecule has 0 bridgehead atoms. The molecule has 0 saturated carbocycles. The first-order chi connectivity index (χ1) is 9.11. The summed E-state index contributed by atoms with van der Waals surface area (Å²) in [4.78, 5) is 11.8. The van der Waals surface area contributed by atoms with Gasteiger partial charge in [-0.05, 0) is 19.1 Å². The molecule has 0 atom stereocenters. The molecule has 102 valence electrons. The van der Waals surface area contributed by atoms with E-state index in [1.165, 1.54) is 6.20 Å². The molecule has 0 saturated heterocycles. The van der Waals surface area contributed by atoms with Gasteiger partial charge in [0.25, 0.3) is 5.56 Å². The van der Waals surface area contributed by atoms with Gasteiger partial charge in [-0.2, -0.15) is 5.10 Å². The lowest BCUT2D eigenvalue weighted by atomic mass is 10.4. The highest BCUT2D eigenvalue weighted by molar-refractivity contribution is 6.32. The fourth-order valence-electron chi connectivity index (χ4n) is 1.60. The molecule has 7 heteroatoms. The van der Waals surface area contributed by atoms with Crippen molar-refractivity contribution in [3.8, 4) is 0 Å². The predicted molar refractivity (Wildman–Crippen MR) is 71.4 cm³/mol. The van der Waals surface area contributed by atoms with Crippen LogP contribution in [0.1, 0.15) is 11.5 Å². The van der Waals surface area contributed by atoms with Gasteiger partial charge in [-0.15, -0.1) is 0 Å². The van der Waals surface area contributed by atoms with Gasteiger partial charge in [0.2, 0.25) is 0 Å². The van der Waals surface area contributed by atoms with Crippen molar-refractivity contribution in [2.24, 2.45) is 0 Å². The average molecular weight is 284 g/mol. The van der Waals surface area contributed by atoms with Gasteiger partial charge in [0.1, 0.15) is 16.5 Å². The fourth-order valence-corrected chi connectivity index (χ4v) is 1.82. The maximum absolute atomic E-state index is 11.8. The molecule has 2 N–H and O–H groups in total. The molecule has 0 unspecified atom stereocenters. The van der Waals surface area contributed by atoms with Crippen LogP contribution in [0.25, 0.3) is 0 Å². The van der Waals surface area contributed by atoms with Crippen LogP contribution in [0.4, 0.5) is 5.69 Å². The molecule has 6 nitrogen and oxygen atoms in total. The summed E-state index contributed by atoms with van der Waals surface area (Å²) in [6.45, 7) is 2.23. The van der Waals surface area contributed by atoms with E-state index >= 15 is 0 Å². The Morgan fingerprint density at radius 1 is 1.53 bits per heavy atom. The molecular weight excluding hydrogens is 270 g/mol. The van der Waals surface area contributed by atoms with Crippen LogP contribution < -0.4 is 10.9 Å². The maximum Gasteiger partial charge on any atom is 0.287 e. The Morgan fingerprint density at radius 2 is 2.32 bits per heavy atom. The van der Waals surface area contributed by atoms with Gasteiger partial charge in [0, 0.05) is 0 Å². The van der Waals surface area contributed by atoms with E-state index in [9.17, 15) is 4.79 Å². The topological polar surface area (TPSA) is 80.3 Å². The lowest BCUT2D eigenvalue weighted by molar-refractivity contribution is 0.266. The van der Waals surface area contributed by atoms with Crippen LogP contribution in [-0.2, 0) is 13.1 Å². The number of nitrogens with zero attached hydrogens (tertiary/aromatic N) is 2. The van der Waals surface area contributed by atoms with Crippen molar-refractivity contribution in [2.75, 3.05) is 11.9 Å². The Labute approximate surface area is 114 Å². The molecule has 0 aromatic carbocycles. The van der Waals surface area contributed by atoms with Gasteiger partial charge in [0.15, 0.2) is 0 Å². The molecule has 0 spiro atoms. The lowest BCUT2D eigenvalue weighted by Crippen LogP contribution is -2.25. The number of aromatic nitrogens is 2. The largest absolute Gasteiger partial charge is 0.465 e. The van der Waals surface area contributed by atoms with Crippen molar-refractivity contribution in [1.29, 1.82) is 0 Å². The molecule has 0 aliphatic heterocycles. The summed E-state index contributed by atoms with van der Waals surface area (Å²) >= 11 is 5.96. The van der Waals surface area contributed by atoms with Gasteiger partial charge >= 0.3 is 0 Å². The van der Waals surface area contributed by atoms with Crippen LogP contribution in [0.15, 0.2) is 27.5 Å². The molecular formula is C12H14ClN3O3. The van der Waals surface area contributed by atoms with Crippen LogP contribution in [0, 0.1) is 6.92 Å². The van der Waals surface area contributed by atoms with Gasteiger partial charge in [0.05, 0.1) is 31.6 Å². The van der Waals surface area contributed by atoms with Crippen LogP contribution in [-0.4, -0.2) is 21.5 Å². The summed E-state index contributed by atoms with van der Waals surface area (Å²) in [5.74, 6) is 1.56. The normalized spacial score (nSPS) is 10.7. The highest BCUT2D eigenvalue weighted by atomic mass is 35.5. The summed E-state index contributed by atoms with van der Waals surface area (Å²) < 4.78 is 6.51. The summed E-state index contributed by atoms with van der Waals surface area (Å²) in [5.41, 5.74) is 0.00579. The first kappa shape index (κ1) is 13.6. The zero-order valence-corrected chi connectivity index (χ0v) is 11.1. The second-order valence-corrected chi connectivity index (χ2v) is 4.37. The van der Waals surface area contributed by atoms with E-state index in [0.717, 1.165) is 16.2 Å². The zero-order valence-electron chi connectivity index (χ0n) is 10.4. The van der Waals surface area contributed by atoms with E-state index in [2.05, 4.69) is 10.4 Å². The average Bonchev–Trinajstić information content (AvgIpc) is 2.80. The van der Waals surface area contributed by atoms with Crippen molar-refractivity contribution >= 4 is 17.3 Å². The summed E-state index contributed by atoms with van der Waals surface area (Å²) in [7, 11) is 0.